The number of nitrogens with zero attached hydrogens (tertiary/aromatic N) is 5. The molecule has 0 unspecified atom stereocenters. The van der Waals surface area contributed by atoms with Crippen LogP contribution in [0.4, 0.5) is 0 Å². The molecule has 1 saturated heterocycles. The molecule has 0 radical (unpaired) electrons. The first-order valence-corrected chi connectivity index (χ1v) is 10.2. The van der Waals surface area contributed by atoms with E-state index in [-0.39, 0.29) is 11.7 Å². The number of amides is 1. The number of piperidine rings is 1. The van der Waals surface area contributed by atoms with Crippen LogP contribution in [0.5, 0.6) is 5.75 Å². The van der Waals surface area contributed by atoms with Gasteiger partial charge in [-0.15, -0.1) is 5.10 Å². The third-order valence-corrected chi connectivity index (χ3v) is 6.33. The van der Waals surface area contributed by atoms with Crippen molar-refractivity contribution < 1.29 is 9.90 Å². The number of carbonyl (C=O) groups excluding carboxylic acids is 1. The first-order valence-electron chi connectivity index (χ1n) is 9.22. The maximum absolute atomic E-state index is 12.8. The monoisotopic (exact) mass is 373 g/mol. The molecule has 1 aromatic heterocycles. The summed E-state index contributed by atoms with van der Waals surface area (Å²) in [4.78, 5) is 14.9. The summed E-state index contributed by atoms with van der Waals surface area (Å²) in [6.45, 7) is 0.878. The molecule has 138 valence electrons. The minimum atomic E-state index is 0.187. The standard InChI is InChI=1S/C18H23N5O2S/c24-15-9-7-14(8-10-15)23-18(19-20-21-23)26-12-17(25)22-11-3-5-13-4-1-2-6-16(13)22/h7-10,13,16,24H,1-6,11-12H2/t13-,16+/m1/s1. The zero-order valence-electron chi connectivity index (χ0n) is 14.6. The molecular weight excluding hydrogens is 350 g/mol. The molecule has 1 aromatic carbocycles. The molecule has 26 heavy (non-hydrogen) atoms. The van der Waals surface area contributed by atoms with Gasteiger partial charge in [0.05, 0.1) is 11.4 Å². The molecule has 2 atom stereocenters. The molecule has 2 heterocycles. The first-order chi connectivity index (χ1) is 12.7. The number of hydrogen-bond acceptors (Lipinski definition) is 6. The number of phenols is 1. The van der Waals surface area contributed by atoms with Crippen LogP contribution in [-0.2, 0) is 4.79 Å². The van der Waals surface area contributed by atoms with Gasteiger partial charge in [0.1, 0.15) is 5.75 Å². The van der Waals surface area contributed by atoms with Crippen molar-refractivity contribution in [1.29, 1.82) is 0 Å². The topological polar surface area (TPSA) is 84.1 Å². The number of thioether (sulfide) groups is 1. The van der Waals surface area contributed by atoms with Gasteiger partial charge in [0.25, 0.3) is 0 Å². The molecule has 7 nitrogen and oxygen atoms in total. The SMILES string of the molecule is O=C(CSc1nnnn1-c1ccc(O)cc1)N1CCC[C@H]2CCCC[C@@H]21. The lowest BCUT2D eigenvalue weighted by atomic mass is 9.78. The number of aromatic hydroxyl groups is 1. The van der Waals surface area contributed by atoms with Crippen molar-refractivity contribution in [3.8, 4) is 11.4 Å². The molecule has 2 fully saturated rings. The molecule has 2 aliphatic rings. The number of carbonyl (C=O) groups is 1. The Morgan fingerprint density at radius 2 is 1.92 bits per heavy atom. The second kappa shape index (κ2) is 7.65. The Kier molecular flexibility index (Phi) is 5.10. The maximum atomic E-state index is 12.8. The number of phenolic OH excluding ortho intramolecular Hbond substituents is 1. The van der Waals surface area contributed by atoms with Crippen molar-refractivity contribution in [3.05, 3.63) is 24.3 Å². The predicted octanol–water partition coefficient (Wildman–Crippen LogP) is 2.64. The van der Waals surface area contributed by atoms with Gasteiger partial charge in [-0.1, -0.05) is 24.6 Å². The molecule has 1 saturated carbocycles. The molecule has 4 rings (SSSR count). The number of tetrazole rings is 1. The normalized spacial score (nSPS) is 22.8. The average molecular weight is 373 g/mol. The molecule has 8 heteroatoms. The van der Waals surface area contributed by atoms with Crippen LogP contribution < -0.4 is 0 Å². The second-order valence-corrected chi connectivity index (χ2v) is 7.96. The van der Waals surface area contributed by atoms with E-state index in [1.54, 1.807) is 28.9 Å². The first kappa shape index (κ1) is 17.3. The van der Waals surface area contributed by atoms with Crippen LogP contribution in [0.2, 0.25) is 0 Å². The van der Waals surface area contributed by atoms with Gasteiger partial charge in [-0.3, -0.25) is 4.79 Å². The second-order valence-electron chi connectivity index (χ2n) is 7.02. The van der Waals surface area contributed by atoms with E-state index in [0.717, 1.165) is 25.1 Å². The lowest BCUT2D eigenvalue weighted by Gasteiger charge is -2.44. The molecule has 1 aliphatic carbocycles. The van der Waals surface area contributed by atoms with Gasteiger partial charge in [0, 0.05) is 12.6 Å². The quantitative estimate of drug-likeness (QED) is 0.830. The van der Waals surface area contributed by atoms with Gasteiger partial charge >= 0.3 is 0 Å². The Hall–Kier alpha value is -2.09. The number of benzene rings is 1. The molecular formula is C18H23N5O2S. The Balaban J connectivity index is 1.42. The smallest absolute Gasteiger partial charge is 0.233 e. The summed E-state index contributed by atoms with van der Waals surface area (Å²) in [7, 11) is 0. The van der Waals surface area contributed by atoms with Crippen LogP contribution in [0, 0.1) is 5.92 Å². The highest BCUT2D eigenvalue weighted by Crippen LogP contribution is 2.35. The van der Waals surface area contributed by atoms with E-state index in [1.165, 1.54) is 37.4 Å². The highest BCUT2D eigenvalue weighted by Gasteiger charge is 2.35. The van der Waals surface area contributed by atoms with Gasteiger partial charge in [-0.05, 0) is 66.3 Å². The summed E-state index contributed by atoms with van der Waals surface area (Å²) in [5.41, 5.74) is 0.757. The van der Waals surface area contributed by atoms with E-state index in [9.17, 15) is 9.90 Å². The van der Waals surface area contributed by atoms with Crippen LogP contribution in [0.15, 0.2) is 29.4 Å². The van der Waals surface area contributed by atoms with Crippen molar-refractivity contribution >= 4 is 17.7 Å². The molecule has 0 bridgehead atoms. The van der Waals surface area contributed by atoms with E-state index >= 15 is 0 Å². The van der Waals surface area contributed by atoms with Gasteiger partial charge in [-0.2, -0.15) is 4.68 Å². The van der Waals surface area contributed by atoms with E-state index in [2.05, 4.69) is 20.4 Å². The van der Waals surface area contributed by atoms with Crippen LogP contribution in [0.3, 0.4) is 0 Å². The summed E-state index contributed by atoms with van der Waals surface area (Å²) < 4.78 is 1.59. The Bertz CT molecular complexity index is 761. The number of aromatic nitrogens is 4. The van der Waals surface area contributed by atoms with Crippen molar-refractivity contribution in [2.75, 3.05) is 12.3 Å². The van der Waals surface area contributed by atoms with Crippen LogP contribution in [0.25, 0.3) is 5.69 Å². The van der Waals surface area contributed by atoms with E-state index < -0.39 is 0 Å². The highest BCUT2D eigenvalue weighted by atomic mass is 32.2. The van der Waals surface area contributed by atoms with Gasteiger partial charge in [0.15, 0.2) is 0 Å². The van der Waals surface area contributed by atoms with Crippen LogP contribution in [-0.4, -0.2) is 54.5 Å². The van der Waals surface area contributed by atoms with Gasteiger partial charge < -0.3 is 10.0 Å². The third-order valence-electron chi connectivity index (χ3n) is 5.42. The summed E-state index contributed by atoms with van der Waals surface area (Å²) >= 11 is 1.37. The lowest BCUT2D eigenvalue weighted by molar-refractivity contribution is -0.134. The summed E-state index contributed by atoms with van der Waals surface area (Å²) in [6, 6.07) is 7.10. The van der Waals surface area contributed by atoms with Crippen LogP contribution in [0.1, 0.15) is 38.5 Å². The van der Waals surface area contributed by atoms with E-state index in [4.69, 9.17) is 0 Å². The molecule has 1 aliphatic heterocycles. The fourth-order valence-corrected chi connectivity index (χ4v) is 4.95. The average Bonchev–Trinajstić information content (AvgIpc) is 3.15. The summed E-state index contributed by atoms with van der Waals surface area (Å²) in [6.07, 6.45) is 7.33. The number of hydrogen-bond donors (Lipinski definition) is 1. The summed E-state index contributed by atoms with van der Waals surface area (Å²) in [5, 5.41) is 21.8. The molecule has 1 N–H and O–H groups in total. The zero-order chi connectivity index (χ0) is 17.9. The van der Waals surface area contributed by atoms with Gasteiger partial charge in [-0.25, -0.2) is 0 Å². The zero-order valence-corrected chi connectivity index (χ0v) is 15.4. The number of fused-ring (bicyclic) bond motifs is 1. The minimum Gasteiger partial charge on any atom is -0.508 e. The van der Waals surface area contributed by atoms with Crippen LogP contribution >= 0.6 is 11.8 Å². The largest absolute Gasteiger partial charge is 0.508 e. The van der Waals surface area contributed by atoms with Crippen molar-refractivity contribution in [3.63, 3.8) is 0 Å². The van der Waals surface area contributed by atoms with E-state index in [1.807, 2.05) is 0 Å². The molecule has 1 amide bonds. The maximum Gasteiger partial charge on any atom is 0.233 e. The lowest BCUT2D eigenvalue weighted by Crippen LogP contribution is -2.50. The minimum absolute atomic E-state index is 0.187. The highest BCUT2D eigenvalue weighted by molar-refractivity contribution is 7.99. The van der Waals surface area contributed by atoms with E-state index in [0.29, 0.717) is 22.9 Å². The Labute approximate surface area is 156 Å². The molecule has 2 aromatic rings. The number of likely N-dealkylation sites (tertiary alicyclic amines) is 1. The Morgan fingerprint density at radius 3 is 2.77 bits per heavy atom. The predicted molar refractivity (Wildman–Crippen MR) is 98.2 cm³/mol. The molecule has 0 spiro atoms. The number of rotatable bonds is 4. The van der Waals surface area contributed by atoms with Crippen molar-refractivity contribution in [2.45, 2.75) is 49.7 Å². The summed E-state index contributed by atoms with van der Waals surface area (Å²) in [5.74, 6) is 1.42. The Morgan fingerprint density at radius 1 is 1.15 bits per heavy atom. The fraction of sp³-hybridized carbons (Fsp3) is 0.556. The third kappa shape index (κ3) is 3.56. The fourth-order valence-electron chi connectivity index (χ4n) is 4.17. The van der Waals surface area contributed by atoms with Crippen molar-refractivity contribution in [1.82, 2.24) is 25.1 Å². The van der Waals surface area contributed by atoms with Crippen molar-refractivity contribution in [2.24, 2.45) is 5.92 Å². The van der Waals surface area contributed by atoms with Gasteiger partial charge in [0.2, 0.25) is 11.1 Å².